The highest BCUT2D eigenvalue weighted by Gasteiger charge is 2.18. The van der Waals surface area contributed by atoms with Crippen LogP contribution in [-0.2, 0) is 16.6 Å². The van der Waals surface area contributed by atoms with E-state index in [-0.39, 0.29) is 0 Å². The minimum Gasteiger partial charge on any atom is -0.326 e. The van der Waals surface area contributed by atoms with Gasteiger partial charge in [-0.3, -0.25) is 0 Å². The zero-order valence-electron chi connectivity index (χ0n) is 13.4. The Morgan fingerprint density at radius 1 is 1.19 bits per heavy atom. The van der Waals surface area contributed by atoms with Gasteiger partial charge < -0.3 is 10.6 Å². The molecule has 0 aromatic heterocycles. The van der Waals surface area contributed by atoms with E-state index >= 15 is 0 Å². The van der Waals surface area contributed by atoms with Gasteiger partial charge in [0.2, 0.25) is 10.0 Å². The van der Waals surface area contributed by atoms with Crippen molar-refractivity contribution in [2.24, 2.45) is 5.73 Å². The third-order valence-corrected chi connectivity index (χ3v) is 5.12. The minimum absolute atomic E-state index is 0.340. The Morgan fingerprint density at radius 2 is 1.86 bits per heavy atom. The number of hydrogen-bond acceptors (Lipinski definition) is 4. The molecule has 0 amide bonds. The first kappa shape index (κ1) is 18.1. The van der Waals surface area contributed by atoms with Crippen molar-refractivity contribution < 1.29 is 8.42 Å². The summed E-state index contributed by atoms with van der Waals surface area (Å²) >= 11 is 0. The molecule has 3 N–H and O–H groups in total. The van der Waals surface area contributed by atoms with Crippen LogP contribution in [0.15, 0.2) is 17.0 Å². The molecule has 1 rings (SSSR count). The molecule has 5 nitrogen and oxygen atoms in total. The van der Waals surface area contributed by atoms with Crippen molar-refractivity contribution in [3.63, 3.8) is 0 Å². The van der Waals surface area contributed by atoms with Crippen LogP contribution in [0.4, 0.5) is 0 Å². The molecule has 120 valence electrons. The number of nitrogens with two attached hydrogens (primary N) is 1. The molecule has 6 heteroatoms. The van der Waals surface area contributed by atoms with E-state index in [0.29, 0.717) is 18.0 Å². The second-order valence-electron chi connectivity index (χ2n) is 5.65. The van der Waals surface area contributed by atoms with Gasteiger partial charge in [0.25, 0.3) is 0 Å². The van der Waals surface area contributed by atoms with Gasteiger partial charge in [-0.2, -0.15) is 0 Å². The largest absolute Gasteiger partial charge is 0.326 e. The molecular formula is C15H27N3O2S. The fourth-order valence-corrected chi connectivity index (χ4v) is 3.57. The first-order valence-electron chi connectivity index (χ1n) is 7.22. The quantitative estimate of drug-likeness (QED) is 0.711. The number of aryl methyl sites for hydroxylation is 1. The standard InChI is InChI=1S/C15H27N3O2S/c1-12-9-14(11-16)10-15(13(12)2)21(19,20)17-7-5-6-8-18(3)4/h9-10,17H,5-8,11,16H2,1-4H3. The average molecular weight is 313 g/mol. The predicted octanol–water partition coefficient (Wildman–Crippen LogP) is 1.38. The zero-order valence-corrected chi connectivity index (χ0v) is 14.3. The van der Waals surface area contributed by atoms with Gasteiger partial charge >= 0.3 is 0 Å². The summed E-state index contributed by atoms with van der Waals surface area (Å²) < 4.78 is 27.5. The molecule has 0 radical (unpaired) electrons. The van der Waals surface area contributed by atoms with Gasteiger partial charge in [0.15, 0.2) is 0 Å². The molecule has 1 aromatic carbocycles. The Morgan fingerprint density at radius 3 is 2.43 bits per heavy atom. The van der Waals surface area contributed by atoms with E-state index in [0.717, 1.165) is 36.1 Å². The normalized spacial score (nSPS) is 12.1. The van der Waals surface area contributed by atoms with Gasteiger partial charge in [-0.1, -0.05) is 6.07 Å². The number of nitrogens with zero attached hydrogens (tertiary/aromatic N) is 1. The lowest BCUT2D eigenvalue weighted by atomic mass is 10.1. The smallest absolute Gasteiger partial charge is 0.240 e. The zero-order chi connectivity index (χ0) is 16.0. The van der Waals surface area contributed by atoms with Gasteiger partial charge in [0.1, 0.15) is 0 Å². The molecule has 0 heterocycles. The Hall–Kier alpha value is -0.950. The fourth-order valence-electron chi connectivity index (χ4n) is 2.13. The molecule has 0 aliphatic rings. The second kappa shape index (κ2) is 7.89. The van der Waals surface area contributed by atoms with Gasteiger partial charge in [0, 0.05) is 13.1 Å². The lowest BCUT2D eigenvalue weighted by molar-refractivity contribution is 0.394. The Kier molecular flexibility index (Phi) is 6.80. The molecule has 0 spiro atoms. The van der Waals surface area contributed by atoms with Gasteiger partial charge in [0.05, 0.1) is 4.90 Å². The number of unbranched alkanes of at least 4 members (excludes halogenated alkanes) is 1. The number of rotatable bonds is 8. The van der Waals surface area contributed by atoms with Crippen molar-refractivity contribution in [3.05, 3.63) is 28.8 Å². The monoisotopic (exact) mass is 313 g/mol. The Labute approximate surface area is 128 Å². The van der Waals surface area contributed by atoms with Crippen LogP contribution >= 0.6 is 0 Å². The van der Waals surface area contributed by atoms with E-state index in [4.69, 9.17) is 5.73 Å². The molecule has 0 unspecified atom stereocenters. The molecule has 0 atom stereocenters. The van der Waals surface area contributed by atoms with E-state index in [1.807, 2.05) is 34.0 Å². The molecule has 0 fully saturated rings. The summed E-state index contributed by atoms with van der Waals surface area (Å²) in [5.74, 6) is 0. The average Bonchev–Trinajstić information content (AvgIpc) is 2.40. The molecule has 0 bridgehead atoms. The van der Waals surface area contributed by atoms with E-state index < -0.39 is 10.0 Å². The summed E-state index contributed by atoms with van der Waals surface area (Å²) in [5, 5.41) is 0. The van der Waals surface area contributed by atoms with Crippen molar-refractivity contribution >= 4 is 10.0 Å². The lowest BCUT2D eigenvalue weighted by Crippen LogP contribution is -2.26. The van der Waals surface area contributed by atoms with Crippen molar-refractivity contribution in [2.75, 3.05) is 27.2 Å². The van der Waals surface area contributed by atoms with Crippen molar-refractivity contribution in [1.29, 1.82) is 0 Å². The lowest BCUT2D eigenvalue weighted by Gasteiger charge is -2.13. The van der Waals surface area contributed by atoms with Crippen LogP contribution in [0.3, 0.4) is 0 Å². The summed E-state index contributed by atoms with van der Waals surface area (Å²) in [5.41, 5.74) is 8.20. The highest BCUT2D eigenvalue weighted by molar-refractivity contribution is 7.89. The van der Waals surface area contributed by atoms with Crippen LogP contribution in [0.2, 0.25) is 0 Å². The number of nitrogens with one attached hydrogen (secondary N) is 1. The SMILES string of the molecule is Cc1cc(CN)cc(S(=O)(=O)NCCCCN(C)C)c1C. The van der Waals surface area contributed by atoms with Crippen LogP contribution < -0.4 is 10.5 Å². The van der Waals surface area contributed by atoms with E-state index in [2.05, 4.69) is 9.62 Å². The maximum atomic E-state index is 12.4. The maximum Gasteiger partial charge on any atom is 0.240 e. The summed E-state index contributed by atoms with van der Waals surface area (Å²) in [6, 6.07) is 3.61. The topological polar surface area (TPSA) is 75.4 Å². The van der Waals surface area contributed by atoms with Gasteiger partial charge in [-0.05, 0) is 70.1 Å². The molecular weight excluding hydrogens is 286 g/mol. The van der Waals surface area contributed by atoms with Crippen LogP contribution in [0.25, 0.3) is 0 Å². The third kappa shape index (κ3) is 5.39. The van der Waals surface area contributed by atoms with Crippen molar-refractivity contribution in [3.8, 4) is 0 Å². The molecule has 21 heavy (non-hydrogen) atoms. The Balaban J connectivity index is 2.76. The number of benzene rings is 1. The van der Waals surface area contributed by atoms with Crippen molar-refractivity contribution in [1.82, 2.24) is 9.62 Å². The Bertz CT molecular complexity index is 569. The molecule has 0 saturated heterocycles. The van der Waals surface area contributed by atoms with E-state index in [1.54, 1.807) is 6.07 Å². The minimum atomic E-state index is -3.47. The van der Waals surface area contributed by atoms with Gasteiger partial charge in [-0.25, -0.2) is 13.1 Å². The summed E-state index contributed by atoms with van der Waals surface area (Å²) in [4.78, 5) is 2.43. The number of sulfonamides is 1. The third-order valence-electron chi connectivity index (χ3n) is 3.53. The van der Waals surface area contributed by atoms with Gasteiger partial charge in [-0.15, -0.1) is 0 Å². The van der Waals surface area contributed by atoms with Crippen LogP contribution in [0.5, 0.6) is 0 Å². The summed E-state index contributed by atoms with van der Waals surface area (Å²) in [7, 11) is 0.551. The number of hydrogen-bond donors (Lipinski definition) is 2. The highest BCUT2D eigenvalue weighted by atomic mass is 32.2. The van der Waals surface area contributed by atoms with Crippen molar-refractivity contribution in [2.45, 2.75) is 38.1 Å². The maximum absolute atomic E-state index is 12.4. The van der Waals surface area contributed by atoms with E-state index in [1.165, 1.54) is 0 Å². The predicted molar refractivity (Wildman–Crippen MR) is 86.8 cm³/mol. The summed E-state index contributed by atoms with van der Waals surface area (Å²) in [6.45, 7) is 5.50. The summed E-state index contributed by atoms with van der Waals surface area (Å²) in [6.07, 6.45) is 1.79. The fraction of sp³-hybridized carbons (Fsp3) is 0.600. The molecule has 0 aliphatic heterocycles. The van der Waals surface area contributed by atoms with Crippen LogP contribution in [0, 0.1) is 13.8 Å². The van der Waals surface area contributed by atoms with Crippen LogP contribution in [-0.4, -0.2) is 40.5 Å². The molecule has 0 saturated carbocycles. The molecule has 0 aliphatic carbocycles. The molecule has 1 aromatic rings. The first-order chi connectivity index (χ1) is 9.77. The van der Waals surface area contributed by atoms with E-state index in [9.17, 15) is 8.42 Å². The second-order valence-corrected chi connectivity index (χ2v) is 7.38. The van der Waals surface area contributed by atoms with Crippen LogP contribution in [0.1, 0.15) is 29.5 Å². The first-order valence-corrected chi connectivity index (χ1v) is 8.71. The highest BCUT2D eigenvalue weighted by Crippen LogP contribution is 2.20.